The second-order valence-corrected chi connectivity index (χ2v) is 5.97. The average Bonchev–Trinajstić information content (AvgIpc) is 2.55. The van der Waals surface area contributed by atoms with Crippen LogP contribution in [0.2, 0.25) is 0 Å². The number of phenolic OH excluding ortho intramolecular Hbond substituents is 1. The monoisotopic (exact) mass is 348 g/mol. The Morgan fingerprint density at radius 3 is 2.52 bits per heavy atom. The number of aliphatic hydroxyl groups is 1. The van der Waals surface area contributed by atoms with Gasteiger partial charge < -0.3 is 20.4 Å². The van der Waals surface area contributed by atoms with Gasteiger partial charge in [0.1, 0.15) is 22.9 Å². The van der Waals surface area contributed by atoms with Crippen molar-refractivity contribution >= 4 is 17.3 Å². The second-order valence-electron chi connectivity index (χ2n) is 5.97. The number of carbonyl (C=O) groups is 1. The molecule has 132 valence electrons. The fourth-order valence-electron chi connectivity index (χ4n) is 2.93. The number of para-hydroxylation sites is 2. The van der Waals surface area contributed by atoms with E-state index in [0.717, 1.165) is 5.69 Å². The predicted molar refractivity (Wildman–Crippen MR) is 89.9 cm³/mol. The molecule has 3 rings (SSSR count). The van der Waals surface area contributed by atoms with Gasteiger partial charge >= 0.3 is 0 Å². The molecule has 0 aliphatic carbocycles. The Bertz CT molecular complexity index is 767. The molecule has 0 aromatic heterocycles. The minimum absolute atomic E-state index is 0.330. The first-order chi connectivity index (χ1) is 12.0. The third-order valence-corrected chi connectivity index (χ3v) is 4.22. The van der Waals surface area contributed by atoms with Crippen LogP contribution in [0.15, 0.2) is 36.4 Å². The van der Waals surface area contributed by atoms with Gasteiger partial charge in [0.05, 0.1) is 17.5 Å². The Morgan fingerprint density at radius 2 is 1.84 bits per heavy atom. The highest BCUT2D eigenvalue weighted by molar-refractivity contribution is 6.07. The van der Waals surface area contributed by atoms with Crippen LogP contribution in [0.1, 0.15) is 23.2 Å². The summed E-state index contributed by atoms with van der Waals surface area (Å²) in [6.07, 6.45) is 0.911. The van der Waals surface area contributed by atoms with E-state index in [1.807, 2.05) is 17.0 Å². The molecule has 0 saturated carbocycles. The molecule has 1 fully saturated rings. The molecular formula is C18H18F2N2O3. The number of hydrogen-bond acceptors (Lipinski definition) is 4. The third kappa shape index (κ3) is 3.71. The number of benzene rings is 2. The molecule has 2 aromatic rings. The van der Waals surface area contributed by atoms with Crippen molar-refractivity contribution in [3.05, 3.63) is 53.6 Å². The molecule has 0 atom stereocenters. The highest BCUT2D eigenvalue weighted by atomic mass is 19.1. The van der Waals surface area contributed by atoms with Crippen molar-refractivity contribution in [2.24, 2.45) is 0 Å². The quantitative estimate of drug-likeness (QED) is 0.798. The van der Waals surface area contributed by atoms with Gasteiger partial charge in [-0.3, -0.25) is 4.79 Å². The molecule has 5 nitrogen and oxygen atoms in total. The lowest BCUT2D eigenvalue weighted by atomic mass is 10.1. The van der Waals surface area contributed by atoms with Crippen LogP contribution in [0, 0.1) is 11.6 Å². The van der Waals surface area contributed by atoms with Crippen LogP contribution in [0.3, 0.4) is 0 Å². The number of piperidine rings is 1. The number of carbonyl (C=O) groups excluding carboxylic acids is 1. The first-order valence-electron chi connectivity index (χ1n) is 7.97. The van der Waals surface area contributed by atoms with Gasteiger partial charge in [0.25, 0.3) is 5.91 Å². The highest BCUT2D eigenvalue weighted by Gasteiger charge is 2.22. The first kappa shape index (κ1) is 17.2. The molecule has 0 bridgehead atoms. The normalized spacial score (nSPS) is 15.2. The molecule has 0 radical (unpaired) electrons. The summed E-state index contributed by atoms with van der Waals surface area (Å²) in [6.45, 7) is 1.26. The van der Waals surface area contributed by atoms with Crippen LogP contribution in [0.25, 0.3) is 0 Å². The number of anilines is 2. The van der Waals surface area contributed by atoms with E-state index in [1.54, 1.807) is 12.1 Å². The molecule has 1 amide bonds. The van der Waals surface area contributed by atoms with E-state index in [9.17, 15) is 23.8 Å². The van der Waals surface area contributed by atoms with Crippen LogP contribution in [0.4, 0.5) is 20.2 Å². The second kappa shape index (κ2) is 7.06. The Balaban J connectivity index is 1.85. The van der Waals surface area contributed by atoms with Gasteiger partial charge in [0.2, 0.25) is 0 Å². The van der Waals surface area contributed by atoms with Gasteiger partial charge in [0, 0.05) is 25.2 Å². The maximum atomic E-state index is 13.9. The van der Waals surface area contributed by atoms with E-state index in [0.29, 0.717) is 43.8 Å². The Hall–Kier alpha value is -2.67. The highest BCUT2D eigenvalue weighted by Crippen LogP contribution is 2.30. The SMILES string of the molecule is O=C(Nc1ccccc1N1CCC(O)CC1)c1c(O)cc(F)cc1F. The van der Waals surface area contributed by atoms with Crippen molar-refractivity contribution in [1.82, 2.24) is 0 Å². The van der Waals surface area contributed by atoms with Gasteiger partial charge in [-0.05, 0) is 25.0 Å². The van der Waals surface area contributed by atoms with Gasteiger partial charge in [-0.1, -0.05) is 12.1 Å². The Kier molecular flexibility index (Phi) is 4.85. The molecule has 3 N–H and O–H groups in total. The number of halogens is 2. The van der Waals surface area contributed by atoms with Crippen LogP contribution < -0.4 is 10.2 Å². The van der Waals surface area contributed by atoms with Crippen molar-refractivity contribution < 1.29 is 23.8 Å². The number of phenols is 1. The van der Waals surface area contributed by atoms with Crippen LogP contribution >= 0.6 is 0 Å². The molecule has 0 unspecified atom stereocenters. The standard InChI is InChI=1S/C18H18F2N2O3/c19-11-9-13(20)17(16(24)10-11)18(25)21-14-3-1-2-4-15(14)22-7-5-12(23)6-8-22/h1-4,9-10,12,23-24H,5-8H2,(H,21,25). The lowest BCUT2D eigenvalue weighted by Gasteiger charge is -2.32. The van der Waals surface area contributed by atoms with E-state index >= 15 is 0 Å². The third-order valence-electron chi connectivity index (χ3n) is 4.22. The molecular weight excluding hydrogens is 330 g/mol. The Labute approximate surface area is 143 Å². The van der Waals surface area contributed by atoms with Crippen molar-refractivity contribution in [3.8, 4) is 5.75 Å². The van der Waals surface area contributed by atoms with E-state index in [1.165, 1.54) is 0 Å². The summed E-state index contributed by atoms with van der Waals surface area (Å²) in [5.41, 5.74) is 0.585. The van der Waals surface area contributed by atoms with E-state index < -0.39 is 28.9 Å². The minimum atomic E-state index is -1.13. The zero-order chi connectivity index (χ0) is 18.0. The van der Waals surface area contributed by atoms with Gasteiger partial charge in [-0.25, -0.2) is 8.78 Å². The number of aliphatic hydroxyl groups excluding tert-OH is 1. The average molecular weight is 348 g/mol. The van der Waals surface area contributed by atoms with Crippen molar-refractivity contribution in [3.63, 3.8) is 0 Å². The molecule has 1 heterocycles. The number of amides is 1. The fourth-order valence-corrected chi connectivity index (χ4v) is 2.93. The van der Waals surface area contributed by atoms with E-state index in [-0.39, 0.29) is 6.10 Å². The van der Waals surface area contributed by atoms with E-state index in [4.69, 9.17) is 0 Å². The van der Waals surface area contributed by atoms with Gasteiger partial charge in [-0.15, -0.1) is 0 Å². The number of nitrogens with zero attached hydrogens (tertiary/aromatic N) is 1. The van der Waals surface area contributed by atoms with Crippen LogP contribution in [-0.2, 0) is 0 Å². The summed E-state index contributed by atoms with van der Waals surface area (Å²) in [6, 6.07) is 8.25. The molecule has 1 aliphatic heterocycles. The number of hydrogen-bond donors (Lipinski definition) is 3. The van der Waals surface area contributed by atoms with Crippen LogP contribution in [-0.4, -0.2) is 35.3 Å². The maximum absolute atomic E-state index is 13.9. The topological polar surface area (TPSA) is 72.8 Å². The van der Waals surface area contributed by atoms with Gasteiger partial charge in [-0.2, -0.15) is 0 Å². The number of aromatic hydroxyl groups is 1. The predicted octanol–water partition coefficient (Wildman–Crippen LogP) is 2.88. The van der Waals surface area contributed by atoms with Crippen molar-refractivity contribution in [2.75, 3.05) is 23.3 Å². The summed E-state index contributed by atoms with van der Waals surface area (Å²) >= 11 is 0. The molecule has 1 aliphatic rings. The lowest BCUT2D eigenvalue weighted by Crippen LogP contribution is -2.36. The Morgan fingerprint density at radius 1 is 1.16 bits per heavy atom. The largest absolute Gasteiger partial charge is 0.507 e. The first-order valence-corrected chi connectivity index (χ1v) is 7.97. The zero-order valence-corrected chi connectivity index (χ0v) is 13.4. The summed E-state index contributed by atoms with van der Waals surface area (Å²) in [7, 11) is 0. The molecule has 0 spiro atoms. The van der Waals surface area contributed by atoms with E-state index in [2.05, 4.69) is 5.32 Å². The van der Waals surface area contributed by atoms with Crippen molar-refractivity contribution in [2.45, 2.75) is 18.9 Å². The summed E-state index contributed by atoms with van der Waals surface area (Å²) in [4.78, 5) is 14.4. The molecule has 2 aromatic carbocycles. The maximum Gasteiger partial charge on any atom is 0.262 e. The zero-order valence-electron chi connectivity index (χ0n) is 13.4. The molecule has 25 heavy (non-hydrogen) atoms. The summed E-state index contributed by atoms with van der Waals surface area (Å²) in [5, 5.41) is 21.9. The summed E-state index contributed by atoms with van der Waals surface area (Å²) < 4.78 is 26.9. The molecule has 1 saturated heterocycles. The molecule has 7 heteroatoms. The number of nitrogens with one attached hydrogen (secondary N) is 1. The lowest BCUT2D eigenvalue weighted by molar-refractivity contribution is 0.102. The van der Waals surface area contributed by atoms with Gasteiger partial charge in [0.15, 0.2) is 0 Å². The smallest absolute Gasteiger partial charge is 0.262 e. The van der Waals surface area contributed by atoms with Crippen molar-refractivity contribution in [1.29, 1.82) is 0 Å². The van der Waals surface area contributed by atoms with Crippen LogP contribution in [0.5, 0.6) is 5.75 Å². The number of rotatable bonds is 3. The fraction of sp³-hybridized carbons (Fsp3) is 0.278. The minimum Gasteiger partial charge on any atom is -0.507 e. The summed E-state index contributed by atoms with van der Waals surface area (Å²) in [5.74, 6) is -3.71.